The third kappa shape index (κ3) is 5.50. The van der Waals surface area contributed by atoms with E-state index in [2.05, 4.69) is 30.6 Å². The predicted octanol–water partition coefficient (Wildman–Crippen LogP) is 3.50. The topological polar surface area (TPSA) is 105 Å². The second-order valence-electron chi connectivity index (χ2n) is 8.29. The first-order valence-corrected chi connectivity index (χ1v) is 9.69. The molecule has 1 aliphatic carbocycles. The molecule has 0 saturated heterocycles. The zero-order chi connectivity index (χ0) is 23.7. The zero-order valence-corrected chi connectivity index (χ0v) is 17.5. The van der Waals surface area contributed by atoms with Crippen LogP contribution in [0.4, 0.5) is 33.7 Å². The normalized spacial score (nSPS) is 20.4. The lowest BCUT2D eigenvalue weighted by atomic mass is 9.64. The smallest absolute Gasteiger partial charge is 0.421 e. The Morgan fingerprint density at radius 2 is 1.91 bits per heavy atom. The molecule has 0 bridgehead atoms. The maximum atomic E-state index is 13.4. The SMILES string of the molecule is CC(F)(F)COc1ncncc1CNc1ncc(C(F)(F)F)c(N[C@@H]2C[C@H](O)C2(C)C)n1. The van der Waals surface area contributed by atoms with Crippen LogP contribution in [0.15, 0.2) is 18.7 Å². The summed E-state index contributed by atoms with van der Waals surface area (Å²) in [5.41, 5.74) is -1.38. The standard InChI is InChI=1S/C19H23F5N6O2/c1-17(2)12(4-13(17)31)29-14-11(19(22,23)24)7-27-16(30-14)26-6-10-5-25-9-28-15(10)32-8-18(3,20)21/h5,7,9,12-13,31H,4,6,8H2,1-3H3,(H2,26,27,29,30)/t12-,13+/m1/s1. The summed E-state index contributed by atoms with van der Waals surface area (Å²) in [5, 5.41) is 15.3. The summed E-state index contributed by atoms with van der Waals surface area (Å²) >= 11 is 0. The van der Waals surface area contributed by atoms with E-state index in [1.807, 2.05) is 0 Å². The van der Waals surface area contributed by atoms with E-state index in [0.29, 0.717) is 13.1 Å². The van der Waals surface area contributed by atoms with E-state index in [1.165, 1.54) is 6.20 Å². The van der Waals surface area contributed by atoms with Crippen molar-refractivity contribution in [1.82, 2.24) is 19.9 Å². The van der Waals surface area contributed by atoms with Crippen molar-refractivity contribution in [2.45, 2.75) is 58.0 Å². The van der Waals surface area contributed by atoms with Gasteiger partial charge in [-0.2, -0.15) is 18.2 Å². The van der Waals surface area contributed by atoms with E-state index >= 15 is 0 Å². The molecule has 0 aromatic carbocycles. The number of aromatic nitrogens is 4. The number of ether oxygens (including phenoxy) is 1. The summed E-state index contributed by atoms with van der Waals surface area (Å²) in [4.78, 5) is 15.3. The maximum Gasteiger partial charge on any atom is 0.421 e. The van der Waals surface area contributed by atoms with Crippen LogP contribution < -0.4 is 15.4 Å². The van der Waals surface area contributed by atoms with Gasteiger partial charge in [-0.3, -0.25) is 0 Å². The van der Waals surface area contributed by atoms with E-state index < -0.39 is 47.6 Å². The van der Waals surface area contributed by atoms with Gasteiger partial charge in [0.05, 0.1) is 11.7 Å². The predicted molar refractivity (Wildman–Crippen MR) is 104 cm³/mol. The van der Waals surface area contributed by atoms with Crippen LogP contribution in [0.1, 0.15) is 38.3 Å². The summed E-state index contributed by atoms with van der Waals surface area (Å²) in [6.07, 6.45) is -1.95. The first-order valence-electron chi connectivity index (χ1n) is 9.69. The highest BCUT2D eigenvalue weighted by Gasteiger charge is 2.48. The van der Waals surface area contributed by atoms with Crippen molar-refractivity contribution in [1.29, 1.82) is 0 Å². The van der Waals surface area contributed by atoms with E-state index in [0.717, 1.165) is 6.33 Å². The van der Waals surface area contributed by atoms with Crippen LogP contribution in [0, 0.1) is 5.41 Å². The fourth-order valence-corrected chi connectivity index (χ4v) is 3.06. The summed E-state index contributed by atoms with van der Waals surface area (Å²) < 4.78 is 71.4. The molecule has 1 saturated carbocycles. The molecule has 0 radical (unpaired) electrons. The molecule has 0 aliphatic heterocycles. The molecule has 32 heavy (non-hydrogen) atoms. The van der Waals surface area contributed by atoms with Crippen molar-refractivity contribution in [2.75, 3.05) is 17.2 Å². The monoisotopic (exact) mass is 462 g/mol. The summed E-state index contributed by atoms with van der Waals surface area (Å²) in [6, 6.07) is -0.417. The van der Waals surface area contributed by atoms with Gasteiger partial charge in [-0.05, 0) is 6.42 Å². The second-order valence-corrected chi connectivity index (χ2v) is 8.29. The fraction of sp³-hybridized carbons (Fsp3) is 0.579. The molecule has 2 atom stereocenters. The van der Waals surface area contributed by atoms with Crippen LogP contribution in [0.3, 0.4) is 0 Å². The van der Waals surface area contributed by atoms with Crippen molar-refractivity contribution >= 4 is 11.8 Å². The Morgan fingerprint density at radius 1 is 1.19 bits per heavy atom. The van der Waals surface area contributed by atoms with Crippen molar-refractivity contribution in [3.63, 3.8) is 0 Å². The number of aliphatic hydroxyl groups is 1. The largest absolute Gasteiger partial charge is 0.471 e. The van der Waals surface area contributed by atoms with Crippen molar-refractivity contribution in [3.8, 4) is 5.88 Å². The molecule has 1 aliphatic rings. The van der Waals surface area contributed by atoms with Crippen LogP contribution in [0.25, 0.3) is 0 Å². The Labute approximate surface area is 180 Å². The Bertz CT molecular complexity index is 951. The molecule has 176 valence electrons. The maximum absolute atomic E-state index is 13.4. The minimum absolute atomic E-state index is 0.0795. The number of hydrogen-bond acceptors (Lipinski definition) is 8. The molecule has 3 rings (SSSR count). The molecular formula is C19H23F5N6O2. The molecule has 2 aromatic rings. The lowest BCUT2D eigenvalue weighted by Gasteiger charge is -2.49. The Morgan fingerprint density at radius 3 is 2.50 bits per heavy atom. The van der Waals surface area contributed by atoms with Crippen LogP contribution in [-0.2, 0) is 12.7 Å². The zero-order valence-electron chi connectivity index (χ0n) is 17.5. The van der Waals surface area contributed by atoms with Gasteiger partial charge in [0.1, 0.15) is 17.7 Å². The molecule has 3 N–H and O–H groups in total. The number of alkyl halides is 5. The highest BCUT2D eigenvalue weighted by atomic mass is 19.4. The second kappa shape index (κ2) is 8.60. The fourth-order valence-electron chi connectivity index (χ4n) is 3.06. The quantitative estimate of drug-likeness (QED) is 0.512. The van der Waals surface area contributed by atoms with Gasteiger partial charge in [0.15, 0.2) is 6.61 Å². The minimum Gasteiger partial charge on any atom is -0.471 e. The number of hydrogen-bond donors (Lipinski definition) is 3. The van der Waals surface area contributed by atoms with Crippen molar-refractivity contribution < 1.29 is 31.8 Å². The van der Waals surface area contributed by atoms with E-state index in [-0.39, 0.29) is 30.4 Å². The first-order chi connectivity index (χ1) is 14.8. The average molecular weight is 462 g/mol. The number of halogens is 5. The van der Waals surface area contributed by atoms with Crippen molar-refractivity contribution in [3.05, 3.63) is 29.8 Å². The Hall–Kier alpha value is -2.83. The summed E-state index contributed by atoms with van der Waals surface area (Å²) in [5.74, 6) is -3.72. The number of anilines is 2. The van der Waals surface area contributed by atoms with Gasteiger partial charge in [0.25, 0.3) is 5.92 Å². The van der Waals surface area contributed by atoms with E-state index in [4.69, 9.17) is 4.74 Å². The summed E-state index contributed by atoms with van der Waals surface area (Å²) in [7, 11) is 0. The Balaban J connectivity index is 1.77. The van der Waals surface area contributed by atoms with Gasteiger partial charge in [0, 0.05) is 37.3 Å². The van der Waals surface area contributed by atoms with E-state index in [9.17, 15) is 27.1 Å². The highest BCUT2D eigenvalue weighted by molar-refractivity contribution is 5.50. The minimum atomic E-state index is -4.69. The molecule has 8 nitrogen and oxygen atoms in total. The average Bonchev–Trinajstić information content (AvgIpc) is 2.70. The summed E-state index contributed by atoms with van der Waals surface area (Å²) in [6.45, 7) is 3.19. The molecule has 1 fully saturated rings. The van der Waals surface area contributed by atoms with E-state index in [1.54, 1.807) is 13.8 Å². The number of nitrogens with zero attached hydrogens (tertiary/aromatic N) is 4. The Kier molecular flexibility index (Phi) is 6.40. The van der Waals surface area contributed by atoms with Gasteiger partial charge in [-0.15, -0.1) is 0 Å². The van der Waals surface area contributed by atoms with Gasteiger partial charge < -0.3 is 20.5 Å². The van der Waals surface area contributed by atoms with Gasteiger partial charge in [-0.25, -0.2) is 23.7 Å². The van der Waals surface area contributed by atoms with Crippen molar-refractivity contribution in [2.24, 2.45) is 5.41 Å². The van der Waals surface area contributed by atoms with Crippen LogP contribution in [0.2, 0.25) is 0 Å². The molecule has 2 heterocycles. The van der Waals surface area contributed by atoms with Gasteiger partial charge in [-0.1, -0.05) is 13.8 Å². The molecule has 0 unspecified atom stereocenters. The van der Waals surface area contributed by atoms with Gasteiger partial charge in [0.2, 0.25) is 11.8 Å². The molecule has 13 heteroatoms. The number of aliphatic hydroxyl groups excluding tert-OH is 1. The van der Waals surface area contributed by atoms with Crippen LogP contribution in [0.5, 0.6) is 5.88 Å². The number of rotatable bonds is 8. The third-order valence-corrected chi connectivity index (χ3v) is 5.27. The lowest BCUT2D eigenvalue weighted by Crippen LogP contribution is -2.57. The molecule has 0 spiro atoms. The van der Waals surface area contributed by atoms with Gasteiger partial charge >= 0.3 is 6.18 Å². The lowest BCUT2D eigenvalue weighted by molar-refractivity contribution is -0.137. The third-order valence-electron chi connectivity index (χ3n) is 5.27. The molecule has 0 amide bonds. The van der Waals surface area contributed by atoms with Crippen LogP contribution in [-0.4, -0.2) is 49.7 Å². The molecular weight excluding hydrogens is 439 g/mol. The highest BCUT2D eigenvalue weighted by Crippen LogP contribution is 2.43. The van der Waals surface area contributed by atoms with Crippen LogP contribution >= 0.6 is 0 Å². The number of nitrogens with one attached hydrogen (secondary N) is 2. The first kappa shape index (κ1) is 23.8. The molecule has 2 aromatic heterocycles.